The van der Waals surface area contributed by atoms with E-state index in [0.29, 0.717) is 5.56 Å². The van der Waals surface area contributed by atoms with E-state index in [2.05, 4.69) is 0 Å². The molecule has 0 aliphatic carbocycles. The number of hydrogen-bond donors (Lipinski definition) is 1. The van der Waals surface area contributed by atoms with Gasteiger partial charge in [-0.1, -0.05) is 32.9 Å². The first-order valence-electron chi connectivity index (χ1n) is 5.32. The number of halogens is 1. The van der Waals surface area contributed by atoms with Crippen molar-refractivity contribution in [3.63, 3.8) is 0 Å². The van der Waals surface area contributed by atoms with Crippen LogP contribution in [-0.4, -0.2) is 5.11 Å². The van der Waals surface area contributed by atoms with Crippen LogP contribution in [-0.2, 0) is 0 Å². The van der Waals surface area contributed by atoms with Crippen LogP contribution in [0.5, 0.6) is 0 Å². The fourth-order valence-corrected chi connectivity index (χ4v) is 1.48. The summed E-state index contributed by atoms with van der Waals surface area (Å²) in [6, 6.07) is 4.79. The van der Waals surface area contributed by atoms with Gasteiger partial charge in [-0.25, -0.2) is 4.39 Å². The van der Waals surface area contributed by atoms with E-state index < -0.39 is 6.10 Å². The van der Waals surface area contributed by atoms with Crippen LogP contribution in [0.15, 0.2) is 18.2 Å². The van der Waals surface area contributed by atoms with Gasteiger partial charge in [-0.15, -0.1) is 0 Å². The zero-order valence-corrected chi connectivity index (χ0v) is 9.84. The summed E-state index contributed by atoms with van der Waals surface area (Å²) in [4.78, 5) is 0. The topological polar surface area (TPSA) is 20.2 Å². The van der Waals surface area contributed by atoms with E-state index in [9.17, 15) is 9.50 Å². The number of aliphatic hydroxyl groups excluding tert-OH is 1. The Kier molecular flexibility index (Phi) is 3.50. The van der Waals surface area contributed by atoms with Gasteiger partial charge in [-0.05, 0) is 36.0 Å². The summed E-state index contributed by atoms with van der Waals surface area (Å²) >= 11 is 0. The minimum atomic E-state index is -0.540. The molecule has 1 atom stereocenters. The Bertz CT molecular complexity index is 344. The van der Waals surface area contributed by atoms with Crippen LogP contribution in [0.25, 0.3) is 0 Å². The van der Waals surface area contributed by atoms with Crippen LogP contribution in [0.3, 0.4) is 0 Å². The van der Waals surface area contributed by atoms with E-state index >= 15 is 0 Å². The molecule has 84 valence electrons. The number of aliphatic hydroxyl groups is 1. The number of benzene rings is 1. The van der Waals surface area contributed by atoms with Gasteiger partial charge in [0.1, 0.15) is 5.82 Å². The Hall–Kier alpha value is -0.890. The molecule has 0 heterocycles. The molecule has 1 aromatic rings. The molecule has 0 aromatic heterocycles. The van der Waals surface area contributed by atoms with Gasteiger partial charge in [0, 0.05) is 0 Å². The summed E-state index contributed by atoms with van der Waals surface area (Å²) < 4.78 is 13.1. The first-order valence-corrected chi connectivity index (χ1v) is 5.32. The highest BCUT2D eigenvalue weighted by Crippen LogP contribution is 2.36. The van der Waals surface area contributed by atoms with Crippen molar-refractivity contribution < 1.29 is 9.50 Å². The van der Waals surface area contributed by atoms with Gasteiger partial charge >= 0.3 is 0 Å². The van der Waals surface area contributed by atoms with Crippen LogP contribution >= 0.6 is 0 Å². The zero-order chi connectivity index (χ0) is 11.6. The highest BCUT2D eigenvalue weighted by molar-refractivity contribution is 5.26. The van der Waals surface area contributed by atoms with Crippen molar-refractivity contribution in [1.82, 2.24) is 0 Å². The summed E-state index contributed by atoms with van der Waals surface area (Å²) in [5, 5.41) is 10.1. The van der Waals surface area contributed by atoms with Gasteiger partial charge in [0.25, 0.3) is 0 Å². The molecule has 1 unspecified atom stereocenters. The van der Waals surface area contributed by atoms with Crippen molar-refractivity contribution in [2.24, 2.45) is 5.41 Å². The highest BCUT2D eigenvalue weighted by atomic mass is 19.1. The Morgan fingerprint density at radius 1 is 1.40 bits per heavy atom. The molecule has 1 rings (SSSR count). The second-order valence-electron chi connectivity index (χ2n) is 4.75. The van der Waals surface area contributed by atoms with Crippen molar-refractivity contribution >= 4 is 0 Å². The molecule has 0 amide bonds. The number of aryl methyl sites for hydroxylation is 1. The van der Waals surface area contributed by atoms with Gasteiger partial charge in [-0.3, -0.25) is 0 Å². The maximum Gasteiger partial charge on any atom is 0.126 e. The predicted molar refractivity (Wildman–Crippen MR) is 60.2 cm³/mol. The molecule has 0 aliphatic rings. The van der Waals surface area contributed by atoms with Gasteiger partial charge in [-0.2, -0.15) is 0 Å². The fourth-order valence-electron chi connectivity index (χ4n) is 1.48. The van der Waals surface area contributed by atoms with Gasteiger partial charge in [0.05, 0.1) is 6.10 Å². The van der Waals surface area contributed by atoms with E-state index in [1.165, 1.54) is 6.07 Å². The first kappa shape index (κ1) is 12.2. The predicted octanol–water partition coefficient (Wildman–Crippen LogP) is 3.60. The Morgan fingerprint density at radius 2 is 2.00 bits per heavy atom. The highest BCUT2D eigenvalue weighted by Gasteiger charge is 2.27. The first-order chi connectivity index (χ1) is 6.88. The van der Waals surface area contributed by atoms with Crippen LogP contribution in [0.4, 0.5) is 4.39 Å². The summed E-state index contributed by atoms with van der Waals surface area (Å²) in [7, 11) is 0. The summed E-state index contributed by atoms with van der Waals surface area (Å²) in [5.74, 6) is -0.222. The second kappa shape index (κ2) is 4.31. The monoisotopic (exact) mass is 210 g/mol. The number of rotatable bonds is 3. The third kappa shape index (κ3) is 2.57. The third-order valence-electron chi connectivity index (χ3n) is 3.15. The van der Waals surface area contributed by atoms with E-state index in [1.54, 1.807) is 19.1 Å². The molecule has 0 radical (unpaired) electrons. The molecular weight excluding hydrogens is 191 g/mol. The molecule has 15 heavy (non-hydrogen) atoms. The van der Waals surface area contributed by atoms with Crippen molar-refractivity contribution in [2.75, 3.05) is 0 Å². The van der Waals surface area contributed by atoms with E-state index in [-0.39, 0.29) is 11.2 Å². The Balaban J connectivity index is 3.02. The molecule has 0 aliphatic heterocycles. The minimum Gasteiger partial charge on any atom is -0.388 e. The molecule has 1 N–H and O–H groups in total. The fraction of sp³-hybridized carbons (Fsp3) is 0.538. The quantitative estimate of drug-likeness (QED) is 0.808. The van der Waals surface area contributed by atoms with Crippen molar-refractivity contribution in [3.8, 4) is 0 Å². The summed E-state index contributed by atoms with van der Waals surface area (Å²) in [5.41, 5.74) is 1.20. The van der Waals surface area contributed by atoms with Crippen LogP contribution in [0.2, 0.25) is 0 Å². The van der Waals surface area contributed by atoms with Crippen molar-refractivity contribution in [1.29, 1.82) is 0 Å². The van der Waals surface area contributed by atoms with Crippen LogP contribution in [0, 0.1) is 18.2 Å². The Labute approximate surface area is 90.9 Å². The molecule has 1 aromatic carbocycles. The molecule has 0 spiro atoms. The van der Waals surface area contributed by atoms with Gasteiger partial charge in [0.2, 0.25) is 0 Å². The van der Waals surface area contributed by atoms with Crippen molar-refractivity contribution in [3.05, 3.63) is 35.1 Å². The van der Waals surface area contributed by atoms with Crippen molar-refractivity contribution in [2.45, 2.75) is 40.2 Å². The second-order valence-corrected chi connectivity index (χ2v) is 4.75. The molecule has 2 heteroatoms. The lowest BCUT2D eigenvalue weighted by atomic mass is 9.80. The molecular formula is C13H19FO. The molecule has 0 saturated heterocycles. The summed E-state index contributed by atoms with van der Waals surface area (Å²) in [6.07, 6.45) is 0.340. The summed E-state index contributed by atoms with van der Waals surface area (Å²) in [6.45, 7) is 7.77. The minimum absolute atomic E-state index is 0.176. The average molecular weight is 210 g/mol. The Morgan fingerprint density at radius 3 is 2.47 bits per heavy atom. The molecule has 0 bridgehead atoms. The normalized spacial score (nSPS) is 14.0. The van der Waals surface area contributed by atoms with E-state index in [4.69, 9.17) is 0 Å². The van der Waals surface area contributed by atoms with Gasteiger partial charge in [0.15, 0.2) is 0 Å². The molecule has 0 fully saturated rings. The van der Waals surface area contributed by atoms with Crippen LogP contribution in [0.1, 0.15) is 44.4 Å². The standard InChI is InChI=1S/C13H19FO/c1-5-13(3,4)12(15)10-6-7-11(14)9(2)8-10/h6-8,12,15H,5H2,1-4H3. The largest absolute Gasteiger partial charge is 0.388 e. The number of hydrogen-bond acceptors (Lipinski definition) is 1. The zero-order valence-electron chi connectivity index (χ0n) is 9.84. The van der Waals surface area contributed by atoms with E-state index in [0.717, 1.165) is 12.0 Å². The molecule has 0 saturated carbocycles. The maximum absolute atomic E-state index is 13.1. The molecule has 1 nitrogen and oxygen atoms in total. The lowest BCUT2D eigenvalue weighted by Gasteiger charge is -2.29. The lowest BCUT2D eigenvalue weighted by molar-refractivity contribution is 0.0464. The smallest absolute Gasteiger partial charge is 0.126 e. The SMILES string of the molecule is CCC(C)(C)C(O)c1ccc(F)c(C)c1. The van der Waals surface area contributed by atoms with Gasteiger partial charge < -0.3 is 5.11 Å². The third-order valence-corrected chi connectivity index (χ3v) is 3.15. The van der Waals surface area contributed by atoms with E-state index in [1.807, 2.05) is 20.8 Å². The lowest BCUT2D eigenvalue weighted by Crippen LogP contribution is -2.21. The van der Waals surface area contributed by atoms with Crippen LogP contribution < -0.4 is 0 Å². The maximum atomic E-state index is 13.1. The average Bonchev–Trinajstić information content (AvgIpc) is 2.21.